The van der Waals surface area contributed by atoms with E-state index in [2.05, 4.69) is 22.0 Å². The molecule has 11 nitrogen and oxygen atoms in total. The number of primary amides is 1. The second-order valence-electron chi connectivity index (χ2n) is 10.3. The van der Waals surface area contributed by atoms with Crippen LogP contribution in [0.2, 0.25) is 1.41 Å². The summed E-state index contributed by atoms with van der Waals surface area (Å²) in [7, 11) is 1.56. The summed E-state index contributed by atoms with van der Waals surface area (Å²) in [6.45, 7) is 2.77. The van der Waals surface area contributed by atoms with Crippen LogP contribution in [0.15, 0.2) is 36.4 Å². The zero-order valence-electron chi connectivity index (χ0n) is 25.3. The molecule has 1 aliphatic carbocycles. The molecule has 0 saturated heterocycles. The molecule has 11 heteroatoms. The van der Waals surface area contributed by atoms with Crippen LogP contribution in [0.3, 0.4) is 0 Å². The summed E-state index contributed by atoms with van der Waals surface area (Å²) in [4.78, 5) is 47.9. The van der Waals surface area contributed by atoms with Crippen LogP contribution in [0.25, 0.3) is 11.1 Å². The first-order valence-corrected chi connectivity index (χ1v) is 14.4. The van der Waals surface area contributed by atoms with Crippen LogP contribution in [0.1, 0.15) is 68.1 Å². The maximum Gasteiger partial charge on any atom is 0.404 e. The number of aliphatic hydroxyl groups is 1. The quantitative estimate of drug-likeness (QED) is 0.178. The number of nitrogens with two attached hydrogens (primary N) is 1. The van der Waals surface area contributed by atoms with Crippen molar-refractivity contribution in [3.05, 3.63) is 53.1 Å². The third-order valence-electron chi connectivity index (χ3n) is 7.19. The van der Waals surface area contributed by atoms with Crippen LogP contribution in [-0.2, 0) is 30.3 Å². The lowest BCUT2D eigenvalue weighted by Crippen LogP contribution is -2.28. The fourth-order valence-electron chi connectivity index (χ4n) is 5.00. The highest BCUT2D eigenvalue weighted by Crippen LogP contribution is 2.46. The molecule has 2 atom stereocenters. The number of amides is 4. The lowest BCUT2D eigenvalue weighted by atomic mass is 9.95. The van der Waals surface area contributed by atoms with Crippen molar-refractivity contribution in [2.24, 2.45) is 5.73 Å². The minimum absolute atomic E-state index is 0.0130. The van der Waals surface area contributed by atoms with Gasteiger partial charge in [-0.1, -0.05) is 24.3 Å². The summed E-state index contributed by atoms with van der Waals surface area (Å²) < 4.78 is 17.9. The molecule has 4 amide bonds. The zero-order valence-corrected chi connectivity index (χ0v) is 24.3. The highest BCUT2D eigenvalue weighted by molar-refractivity contribution is 5.92. The summed E-state index contributed by atoms with van der Waals surface area (Å²) in [5, 5.41) is 17.2. The van der Waals surface area contributed by atoms with E-state index < -0.39 is 6.09 Å². The number of fused-ring (bicyclic) bond motifs is 3. The molecule has 0 saturated carbocycles. The maximum atomic E-state index is 12.5. The molecule has 42 heavy (non-hydrogen) atoms. The normalized spacial score (nSPS) is 14.2. The first kappa shape index (κ1) is 31.0. The minimum atomic E-state index is -0.856. The monoisotopic (exact) mass is 583 g/mol. The predicted molar refractivity (Wildman–Crippen MR) is 159 cm³/mol. The molecule has 0 bridgehead atoms. The molecule has 0 radical (unpaired) electrons. The van der Waals surface area contributed by atoms with Crippen molar-refractivity contribution in [3.63, 3.8) is 0 Å². The Kier molecular flexibility index (Phi) is 12.2. The summed E-state index contributed by atoms with van der Waals surface area (Å²) in [6.07, 6.45) is 2.26. The van der Waals surface area contributed by atoms with Crippen molar-refractivity contribution < 1.29 is 35.2 Å². The van der Waals surface area contributed by atoms with E-state index in [1.54, 1.807) is 12.8 Å². The molecular weight excluding hydrogens is 540 g/mol. The Balaban J connectivity index is 1.63. The van der Waals surface area contributed by atoms with Gasteiger partial charge in [0.05, 0.1) is 12.7 Å². The van der Waals surface area contributed by atoms with Crippen molar-refractivity contribution in [2.45, 2.75) is 63.9 Å². The first-order valence-electron chi connectivity index (χ1n) is 14.9. The molecular formula is C31H42N4O7. The number of carbonyl (C=O) groups excluding carboxylic acids is 4. The number of hydrogen-bond acceptors (Lipinski definition) is 7. The Bertz CT molecular complexity index is 1270. The van der Waals surface area contributed by atoms with Crippen molar-refractivity contribution in [2.75, 3.05) is 38.7 Å². The number of ether oxygens (including phenoxy) is 2. The Hall–Kier alpha value is -3.96. The maximum absolute atomic E-state index is 12.5. The number of aliphatic hydroxyl groups excluding tert-OH is 1. The number of anilines is 1. The van der Waals surface area contributed by atoms with Gasteiger partial charge < -0.3 is 36.3 Å². The van der Waals surface area contributed by atoms with Gasteiger partial charge in [0.1, 0.15) is 6.61 Å². The van der Waals surface area contributed by atoms with Crippen LogP contribution in [0.5, 0.6) is 0 Å². The van der Waals surface area contributed by atoms with E-state index in [4.69, 9.17) is 16.0 Å². The molecule has 2 aromatic rings. The molecule has 0 aliphatic heterocycles. The van der Waals surface area contributed by atoms with E-state index in [0.717, 1.165) is 27.8 Å². The van der Waals surface area contributed by atoms with Crippen molar-refractivity contribution in [1.82, 2.24) is 10.6 Å². The van der Waals surface area contributed by atoms with E-state index in [-0.39, 0.29) is 55.8 Å². The number of carbonyl (C=O) groups is 4. The predicted octanol–water partition coefficient (Wildman–Crippen LogP) is 2.98. The lowest BCUT2D eigenvalue weighted by molar-refractivity contribution is -0.122. The van der Waals surface area contributed by atoms with Crippen LogP contribution < -0.4 is 21.7 Å². The van der Waals surface area contributed by atoms with Gasteiger partial charge in [-0.3, -0.25) is 14.4 Å². The molecule has 6 N–H and O–H groups in total. The SMILES string of the molecule is [2H]NC(=O)OCC1c2cc(CCCC(=O)NCCOC(C)CCO)ccc2-c2ccc(NC(=O)CCCC(=O)NC)cc21. The van der Waals surface area contributed by atoms with E-state index >= 15 is 0 Å². The summed E-state index contributed by atoms with van der Waals surface area (Å²) >= 11 is 0. The van der Waals surface area contributed by atoms with Crippen LogP contribution in [0, 0.1) is 0 Å². The highest BCUT2D eigenvalue weighted by Gasteiger charge is 2.30. The largest absolute Gasteiger partial charge is 0.449 e. The van der Waals surface area contributed by atoms with Crippen molar-refractivity contribution in [3.8, 4) is 11.1 Å². The lowest BCUT2D eigenvalue weighted by Gasteiger charge is -2.15. The van der Waals surface area contributed by atoms with Gasteiger partial charge in [-0.15, -0.1) is 0 Å². The Morgan fingerprint density at radius 3 is 2.45 bits per heavy atom. The van der Waals surface area contributed by atoms with Crippen LogP contribution in [0.4, 0.5) is 10.5 Å². The van der Waals surface area contributed by atoms with Gasteiger partial charge in [0.2, 0.25) is 17.7 Å². The Labute approximate surface area is 248 Å². The van der Waals surface area contributed by atoms with Gasteiger partial charge in [-0.25, -0.2) is 4.79 Å². The van der Waals surface area contributed by atoms with Gasteiger partial charge in [-0.2, -0.15) is 0 Å². The second-order valence-corrected chi connectivity index (χ2v) is 10.3. The topological polar surface area (TPSA) is 169 Å². The third-order valence-corrected chi connectivity index (χ3v) is 7.19. The van der Waals surface area contributed by atoms with E-state index in [1.165, 1.54) is 0 Å². The van der Waals surface area contributed by atoms with E-state index in [0.29, 0.717) is 50.9 Å². The molecule has 0 spiro atoms. The van der Waals surface area contributed by atoms with Crippen LogP contribution in [-0.4, -0.2) is 68.4 Å². The molecule has 2 aromatic carbocycles. The smallest absolute Gasteiger partial charge is 0.404 e. The standard InChI is InChI=1S/C31H42N4O7/c1-20(13-15-36)41-16-14-34-29(38)7-3-5-21-9-11-23-24-12-10-22(35-30(39)8-4-6-28(37)33-2)18-26(24)27(25(23)17-21)19-42-31(32)40/h9-12,17-18,20,27,36H,3-8,13-16,19H2,1-2H3,(H2,32,40)(H,33,37)(H,34,38)(H,35,39)/i/hD. The minimum Gasteiger partial charge on any atom is -0.449 e. The van der Waals surface area contributed by atoms with E-state index in [1.807, 2.05) is 37.3 Å². The molecule has 0 aromatic heterocycles. The van der Waals surface area contributed by atoms with Gasteiger partial charge in [0, 0.05) is 51.1 Å². The average molecular weight is 584 g/mol. The fourth-order valence-corrected chi connectivity index (χ4v) is 5.00. The fraction of sp³-hybridized carbons (Fsp3) is 0.484. The average Bonchev–Trinajstić information content (AvgIpc) is 3.29. The van der Waals surface area contributed by atoms with Gasteiger partial charge in [-0.05, 0) is 72.6 Å². The van der Waals surface area contributed by atoms with Crippen molar-refractivity contribution in [1.29, 1.82) is 0 Å². The number of aryl methyl sites for hydroxylation is 1. The molecule has 3 rings (SSSR count). The molecule has 1 aliphatic rings. The Morgan fingerprint density at radius 2 is 1.71 bits per heavy atom. The second kappa shape index (κ2) is 16.5. The molecule has 0 fully saturated rings. The summed E-state index contributed by atoms with van der Waals surface area (Å²) in [5.74, 6) is -0.668. The highest BCUT2D eigenvalue weighted by atomic mass is 16.5. The van der Waals surface area contributed by atoms with Crippen molar-refractivity contribution >= 4 is 29.5 Å². The van der Waals surface area contributed by atoms with Crippen LogP contribution >= 0.6 is 0 Å². The van der Waals surface area contributed by atoms with Gasteiger partial charge in [0.15, 0.2) is 1.41 Å². The van der Waals surface area contributed by atoms with Gasteiger partial charge in [0.25, 0.3) is 0 Å². The van der Waals surface area contributed by atoms with E-state index in [9.17, 15) is 19.2 Å². The van der Waals surface area contributed by atoms with Gasteiger partial charge >= 0.3 is 6.09 Å². The number of rotatable bonds is 17. The molecule has 2 unspecified atom stereocenters. The Morgan fingerprint density at radius 1 is 1.00 bits per heavy atom. The summed E-state index contributed by atoms with van der Waals surface area (Å²) in [5.41, 5.74) is 7.20. The first-order chi connectivity index (χ1) is 20.7. The number of hydrogen-bond donors (Lipinski definition) is 5. The number of benzene rings is 2. The summed E-state index contributed by atoms with van der Waals surface area (Å²) in [6, 6.07) is 11.7. The molecule has 228 valence electrons. The number of nitrogens with one attached hydrogen (secondary N) is 3. The zero-order chi connectivity index (χ0) is 31.2. The molecule has 0 heterocycles. The third kappa shape index (κ3) is 9.85.